The number of amides is 4. The highest BCUT2D eigenvalue weighted by Gasteiger charge is 2.38. The Balaban J connectivity index is 1.52. The first-order chi connectivity index (χ1) is 15.5. The molecule has 2 saturated heterocycles. The standard InChI is InChI=1S/C22H36N4O6/c27-15-25(31)12-18(11-16-5-1-2-6-16)22(30)26-9-3-8-19(26)21(29)24-14-23-20(28)17-7-4-10-32-13-17/h15-19,31H,1-14H2,(H,23,28)(H,24,29)/t17?,18-,19+/m1/s1. The van der Waals surface area contributed by atoms with Gasteiger partial charge in [0, 0.05) is 13.2 Å². The van der Waals surface area contributed by atoms with Crippen molar-refractivity contribution in [1.29, 1.82) is 0 Å². The van der Waals surface area contributed by atoms with Gasteiger partial charge in [-0.2, -0.15) is 0 Å². The number of likely N-dealkylation sites (tertiary alicyclic amines) is 1. The quantitative estimate of drug-likeness (QED) is 0.193. The summed E-state index contributed by atoms with van der Waals surface area (Å²) in [4.78, 5) is 50.8. The lowest BCUT2D eigenvalue weighted by molar-refractivity contribution is -0.158. The monoisotopic (exact) mass is 452 g/mol. The molecule has 0 aromatic heterocycles. The van der Waals surface area contributed by atoms with E-state index in [1.807, 2.05) is 0 Å². The van der Waals surface area contributed by atoms with Crippen molar-refractivity contribution in [3.8, 4) is 0 Å². The lowest BCUT2D eigenvalue weighted by Crippen LogP contribution is -2.51. The Morgan fingerprint density at radius 3 is 2.50 bits per heavy atom. The van der Waals surface area contributed by atoms with Crippen LogP contribution >= 0.6 is 0 Å². The van der Waals surface area contributed by atoms with Gasteiger partial charge in [-0.25, -0.2) is 5.06 Å². The van der Waals surface area contributed by atoms with Gasteiger partial charge in [-0.3, -0.25) is 24.4 Å². The average Bonchev–Trinajstić information content (AvgIpc) is 3.50. The molecule has 1 aliphatic carbocycles. The predicted octanol–water partition coefficient (Wildman–Crippen LogP) is 0.638. The molecule has 10 nitrogen and oxygen atoms in total. The maximum atomic E-state index is 13.3. The molecule has 0 aromatic rings. The van der Waals surface area contributed by atoms with Crippen molar-refractivity contribution in [1.82, 2.24) is 20.6 Å². The molecule has 4 amide bonds. The van der Waals surface area contributed by atoms with E-state index in [1.54, 1.807) is 4.90 Å². The highest BCUT2D eigenvalue weighted by molar-refractivity contribution is 5.89. The van der Waals surface area contributed by atoms with Crippen molar-refractivity contribution in [2.24, 2.45) is 17.8 Å². The van der Waals surface area contributed by atoms with Crippen LogP contribution < -0.4 is 10.6 Å². The fraction of sp³-hybridized carbons (Fsp3) is 0.818. The number of hydroxylamine groups is 2. The van der Waals surface area contributed by atoms with Crippen molar-refractivity contribution in [3.63, 3.8) is 0 Å². The molecule has 2 heterocycles. The fourth-order valence-electron chi connectivity index (χ4n) is 5.14. The van der Waals surface area contributed by atoms with Gasteiger partial charge in [0.2, 0.25) is 24.1 Å². The largest absolute Gasteiger partial charge is 0.381 e. The topological polar surface area (TPSA) is 128 Å². The van der Waals surface area contributed by atoms with Crippen LogP contribution in [0.25, 0.3) is 0 Å². The molecule has 1 unspecified atom stereocenters. The number of ether oxygens (including phenoxy) is 1. The Kier molecular flexibility index (Phi) is 9.28. The Morgan fingerprint density at radius 2 is 1.81 bits per heavy atom. The lowest BCUT2D eigenvalue weighted by Gasteiger charge is -2.30. The third-order valence-electron chi connectivity index (χ3n) is 6.87. The van der Waals surface area contributed by atoms with Crippen LogP contribution in [0.1, 0.15) is 57.8 Å². The van der Waals surface area contributed by atoms with E-state index in [9.17, 15) is 24.4 Å². The average molecular weight is 453 g/mol. The summed E-state index contributed by atoms with van der Waals surface area (Å²) in [5.41, 5.74) is 0. The molecule has 32 heavy (non-hydrogen) atoms. The Labute approximate surface area is 189 Å². The van der Waals surface area contributed by atoms with Crippen LogP contribution in [-0.2, 0) is 23.9 Å². The molecule has 0 bridgehead atoms. The third kappa shape index (κ3) is 6.65. The minimum atomic E-state index is -0.605. The summed E-state index contributed by atoms with van der Waals surface area (Å²) in [6.07, 6.45) is 8.16. The Morgan fingerprint density at radius 1 is 1.06 bits per heavy atom. The van der Waals surface area contributed by atoms with Gasteiger partial charge in [0.25, 0.3) is 0 Å². The van der Waals surface area contributed by atoms with Crippen molar-refractivity contribution in [3.05, 3.63) is 0 Å². The second kappa shape index (κ2) is 12.2. The van der Waals surface area contributed by atoms with E-state index < -0.39 is 12.0 Å². The highest BCUT2D eigenvalue weighted by atomic mass is 16.5. The van der Waals surface area contributed by atoms with Crippen molar-refractivity contribution < 1.29 is 29.1 Å². The van der Waals surface area contributed by atoms with Crippen LogP contribution in [0.5, 0.6) is 0 Å². The molecular formula is C22H36N4O6. The molecule has 2 aliphatic heterocycles. The van der Waals surface area contributed by atoms with E-state index in [4.69, 9.17) is 4.74 Å². The van der Waals surface area contributed by atoms with Crippen LogP contribution in [0.15, 0.2) is 0 Å². The van der Waals surface area contributed by atoms with Gasteiger partial charge in [-0.05, 0) is 38.0 Å². The van der Waals surface area contributed by atoms with E-state index >= 15 is 0 Å². The normalized spacial score (nSPS) is 24.7. The summed E-state index contributed by atoms with van der Waals surface area (Å²) in [5.74, 6) is -0.963. The maximum Gasteiger partial charge on any atom is 0.244 e. The van der Waals surface area contributed by atoms with Gasteiger partial charge >= 0.3 is 0 Å². The molecule has 0 radical (unpaired) electrons. The predicted molar refractivity (Wildman–Crippen MR) is 114 cm³/mol. The molecule has 10 heteroatoms. The second-order valence-corrected chi connectivity index (χ2v) is 9.17. The van der Waals surface area contributed by atoms with Crippen LogP contribution in [0.2, 0.25) is 0 Å². The number of nitrogens with zero attached hydrogens (tertiary/aromatic N) is 2. The number of hydrogen-bond donors (Lipinski definition) is 3. The number of rotatable bonds is 10. The summed E-state index contributed by atoms with van der Waals surface area (Å²) in [6, 6.07) is -0.605. The molecule has 3 fully saturated rings. The number of nitrogens with one attached hydrogen (secondary N) is 2. The van der Waals surface area contributed by atoms with Crippen molar-refractivity contribution in [2.75, 3.05) is 33.0 Å². The molecule has 1 saturated carbocycles. The summed E-state index contributed by atoms with van der Waals surface area (Å²) >= 11 is 0. The summed E-state index contributed by atoms with van der Waals surface area (Å²) in [7, 11) is 0. The van der Waals surface area contributed by atoms with Gasteiger partial charge < -0.3 is 20.3 Å². The smallest absolute Gasteiger partial charge is 0.244 e. The molecule has 3 N–H and O–H groups in total. The third-order valence-corrected chi connectivity index (χ3v) is 6.87. The number of hydrogen-bond acceptors (Lipinski definition) is 6. The zero-order chi connectivity index (χ0) is 22.9. The molecule has 0 aromatic carbocycles. The minimum absolute atomic E-state index is 0.00770. The van der Waals surface area contributed by atoms with E-state index in [0.29, 0.717) is 56.4 Å². The summed E-state index contributed by atoms with van der Waals surface area (Å²) in [5, 5.41) is 15.7. The van der Waals surface area contributed by atoms with Crippen LogP contribution in [0.4, 0.5) is 0 Å². The van der Waals surface area contributed by atoms with E-state index in [1.165, 1.54) is 0 Å². The van der Waals surface area contributed by atoms with E-state index in [-0.39, 0.29) is 36.9 Å². The summed E-state index contributed by atoms with van der Waals surface area (Å²) in [6.45, 7) is 1.48. The lowest BCUT2D eigenvalue weighted by atomic mass is 9.91. The van der Waals surface area contributed by atoms with Crippen molar-refractivity contribution >= 4 is 24.1 Å². The van der Waals surface area contributed by atoms with Gasteiger partial charge in [-0.15, -0.1) is 0 Å². The molecular weight excluding hydrogens is 416 g/mol. The van der Waals surface area contributed by atoms with Crippen LogP contribution in [0, 0.1) is 17.8 Å². The maximum absolute atomic E-state index is 13.3. The first-order valence-corrected chi connectivity index (χ1v) is 11.8. The van der Waals surface area contributed by atoms with E-state index in [2.05, 4.69) is 10.6 Å². The molecule has 0 spiro atoms. The zero-order valence-corrected chi connectivity index (χ0v) is 18.7. The van der Waals surface area contributed by atoms with Gasteiger partial charge in [-0.1, -0.05) is 25.7 Å². The first-order valence-electron chi connectivity index (χ1n) is 11.8. The molecule has 180 valence electrons. The number of carbonyl (C=O) groups excluding carboxylic acids is 4. The molecule has 3 aliphatic rings. The van der Waals surface area contributed by atoms with E-state index in [0.717, 1.165) is 38.5 Å². The highest BCUT2D eigenvalue weighted by Crippen LogP contribution is 2.32. The Bertz CT molecular complexity index is 663. The molecule has 3 rings (SSSR count). The van der Waals surface area contributed by atoms with Gasteiger partial charge in [0.1, 0.15) is 6.04 Å². The Hall–Kier alpha value is -2.20. The van der Waals surface area contributed by atoms with Gasteiger partial charge in [0.15, 0.2) is 0 Å². The summed E-state index contributed by atoms with van der Waals surface area (Å²) < 4.78 is 5.32. The number of carbonyl (C=O) groups is 4. The SMILES string of the molecule is O=CN(O)C[C@@H](CC1CCCC1)C(=O)N1CCC[C@H]1C(=O)NCNC(=O)C1CCCOC1. The fourth-order valence-corrected chi connectivity index (χ4v) is 5.14. The zero-order valence-electron chi connectivity index (χ0n) is 18.7. The minimum Gasteiger partial charge on any atom is -0.381 e. The van der Waals surface area contributed by atoms with Crippen LogP contribution in [-0.4, -0.2) is 78.3 Å². The first kappa shape index (κ1) is 24.4. The van der Waals surface area contributed by atoms with Crippen LogP contribution in [0.3, 0.4) is 0 Å². The second-order valence-electron chi connectivity index (χ2n) is 9.17. The van der Waals surface area contributed by atoms with Gasteiger partial charge in [0.05, 0.1) is 31.7 Å². The molecule has 3 atom stereocenters. The van der Waals surface area contributed by atoms with Crippen molar-refractivity contribution in [2.45, 2.75) is 63.8 Å².